The number of hydrazone groups is 1. The molecule has 2 aromatic heterocycles. The molecule has 0 saturated carbocycles. The highest BCUT2D eigenvalue weighted by molar-refractivity contribution is 7.80. The average Bonchev–Trinajstić information content (AvgIpc) is 3.27. The smallest absolute Gasteiger partial charge is 0.187 e. The molecule has 25 heavy (non-hydrogen) atoms. The standard InChI is InChI=1S/C17H13Cl2N3O2S/c18-14-5-3-11(8-15(14)19)16-6-4-13(24-16)10-21-22-17(25)20-9-12-2-1-7-23-12/h1-8,10H,9H2,(H2,20,22,25). The molecule has 0 unspecified atom stereocenters. The molecule has 0 atom stereocenters. The van der Waals surface area contributed by atoms with Gasteiger partial charge in [-0.05, 0) is 54.7 Å². The molecule has 2 heterocycles. The van der Waals surface area contributed by atoms with E-state index in [4.69, 9.17) is 44.3 Å². The SMILES string of the molecule is S=C(NCc1ccco1)NN=Cc1ccc(-c2ccc(Cl)c(Cl)c2)o1. The van der Waals surface area contributed by atoms with Crippen molar-refractivity contribution in [2.24, 2.45) is 5.10 Å². The van der Waals surface area contributed by atoms with Crippen LogP contribution in [-0.4, -0.2) is 11.3 Å². The maximum Gasteiger partial charge on any atom is 0.187 e. The third-order valence-electron chi connectivity index (χ3n) is 3.19. The highest BCUT2D eigenvalue weighted by Crippen LogP contribution is 2.29. The molecular weight excluding hydrogens is 381 g/mol. The van der Waals surface area contributed by atoms with Crippen LogP contribution in [0, 0.1) is 0 Å². The lowest BCUT2D eigenvalue weighted by molar-refractivity contribution is 0.502. The van der Waals surface area contributed by atoms with E-state index in [9.17, 15) is 0 Å². The van der Waals surface area contributed by atoms with Crippen LogP contribution in [0.1, 0.15) is 11.5 Å². The Bertz CT molecular complexity index is 891. The van der Waals surface area contributed by atoms with E-state index in [1.807, 2.05) is 24.3 Å². The molecule has 1 aromatic carbocycles. The van der Waals surface area contributed by atoms with Crippen LogP contribution < -0.4 is 10.7 Å². The number of furan rings is 2. The molecule has 0 bridgehead atoms. The Morgan fingerprint density at radius 2 is 2.04 bits per heavy atom. The molecule has 3 rings (SSSR count). The first kappa shape index (κ1) is 17.5. The number of rotatable bonds is 5. The summed E-state index contributed by atoms with van der Waals surface area (Å²) < 4.78 is 10.9. The lowest BCUT2D eigenvalue weighted by Gasteiger charge is -2.04. The second-order valence-corrected chi connectivity index (χ2v) is 6.19. The van der Waals surface area contributed by atoms with Crippen molar-refractivity contribution < 1.29 is 8.83 Å². The summed E-state index contributed by atoms with van der Waals surface area (Å²) in [5, 5.41) is 8.35. The van der Waals surface area contributed by atoms with Gasteiger partial charge >= 0.3 is 0 Å². The zero-order valence-electron chi connectivity index (χ0n) is 12.8. The number of benzene rings is 1. The summed E-state index contributed by atoms with van der Waals surface area (Å²) in [6, 6.07) is 12.6. The number of halogens is 2. The van der Waals surface area contributed by atoms with E-state index in [-0.39, 0.29) is 0 Å². The summed E-state index contributed by atoms with van der Waals surface area (Å²) in [6.07, 6.45) is 3.13. The van der Waals surface area contributed by atoms with E-state index in [1.54, 1.807) is 24.5 Å². The minimum atomic E-state index is 0.379. The van der Waals surface area contributed by atoms with Crippen molar-refractivity contribution in [3.63, 3.8) is 0 Å². The molecule has 0 spiro atoms. The van der Waals surface area contributed by atoms with E-state index in [0.717, 1.165) is 11.3 Å². The maximum atomic E-state index is 6.02. The van der Waals surface area contributed by atoms with Crippen LogP contribution in [-0.2, 0) is 6.54 Å². The fraction of sp³-hybridized carbons (Fsp3) is 0.0588. The van der Waals surface area contributed by atoms with Gasteiger partial charge in [0.2, 0.25) is 0 Å². The van der Waals surface area contributed by atoms with Crippen LogP contribution in [0.4, 0.5) is 0 Å². The van der Waals surface area contributed by atoms with Crippen LogP contribution in [0.25, 0.3) is 11.3 Å². The van der Waals surface area contributed by atoms with E-state index in [1.165, 1.54) is 6.21 Å². The van der Waals surface area contributed by atoms with Gasteiger partial charge in [-0.25, -0.2) is 0 Å². The zero-order valence-corrected chi connectivity index (χ0v) is 15.2. The molecule has 128 valence electrons. The third kappa shape index (κ3) is 4.85. The fourth-order valence-corrected chi connectivity index (χ4v) is 2.42. The monoisotopic (exact) mass is 393 g/mol. The van der Waals surface area contributed by atoms with Crippen molar-refractivity contribution >= 4 is 46.7 Å². The Kier molecular flexibility index (Phi) is 5.75. The maximum absolute atomic E-state index is 6.02. The summed E-state index contributed by atoms with van der Waals surface area (Å²) in [5.41, 5.74) is 3.54. The molecule has 8 heteroatoms. The van der Waals surface area contributed by atoms with Gasteiger partial charge in [0.05, 0.1) is 29.1 Å². The van der Waals surface area contributed by atoms with Crippen LogP contribution in [0.15, 0.2) is 62.7 Å². The Hall–Kier alpha value is -2.28. The van der Waals surface area contributed by atoms with Crippen molar-refractivity contribution in [3.8, 4) is 11.3 Å². The number of nitrogens with zero attached hydrogens (tertiary/aromatic N) is 1. The molecule has 0 radical (unpaired) electrons. The fourth-order valence-electron chi connectivity index (χ4n) is 2.00. The van der Waals surface area contributed by atoms with Gasteiger partial charge in [-0.15, -0.1) is 0 Å². The van der Waals surface area contributed by atoms with E-state index >= 15 is 0 Å². The molecule has 2 N–H and O–H groups in total. The normalized spacial score (nSPS) is 11.0. The first-order valence-electron chi connectivity index (χ1n) is 7.26. The molecule has 0 saturated heterocycles. The third-order valence-corrected chi connectivity index (χ3v) is 4.17. The summed E-state index contributed by atoms with van der Waals surface area (Å²) in [4.78, 5) is 0. The van der Waals surface area contributed by atoms with Gasteiger partial charge in [0.1, 0.15) is 17.3 Å². The van der Waals surface area contributed by atoms with Gasteiger partial charge in [-0.1, -0.05) is 23.2 Å². The first-order valence-corrected chi connectivity index (χ1v) is 8.43. The molecule has 0 amide bonds. The minimum absolute atomic E-state index is 0.379. The van der Waals surface area contributed by atoms with Gasteiger partial charge in [-0.3, -0.25) is 5.43 Å². The lowest BCUT2D eigenvalue weighted by atomic mass is 10.2. The van der Waals surface area contributed by atoms with Gasteiger partial charge in [0.15, 0.2) is 5.11 Å². The van der Waals surface area contributed by atoms with Crippen molar-refractivity contribution in [3.05, 3.63) is 70.3 Å². The van der Waals surface area contributed by atoms with Crippen molar-refractivity contribution in [1.82, 2.24) is 10.7 Å². The quantitative estimate of drug-likeness (QED) is 0.368. The number of hydrogen-bond acceptors (Lipinski definition) is 4. The highest BCUT2D eigenvalue weighted by Gasteiger charge is 2.06. The Balaban J connectivity index is 1.54. The van der Waals surface area contributed by atoms with Crippen LogP contribution in [0.5, 0.6) is 0 Å². The average molecular weight is 394 g/mol. The van der Waals surface area contributed by atoms with E-state index < -0.39 is 0 Å². The van der Waals surface area contributed by atoms with E-state index in [0.29, 0.717) is 33.2 Å². The van der Waals surface area contributed by atoms with Crippen LogP contribution >= 0.6 is 35.4 Å². The zero-order chi connectivity index (χ0) is 17.6. The second-order valence-electron chi connectivity index (χ2n) is 4.96. The number of hydrogen-bond donors (Lipinski definition) is 2. The number of nitrogens with one attached hydrogen (secondary N) is 2. The van der Waals surface area contributed by atoms with Crippen LogP contribution in [0.2, 0.25) is 10.0 Å². The molecule has 0 aliphatic heterocycles. The van der Waals surface area contributed by atoms with Crippen molar-refractivity contribution in [1.29, 1.82) is 0 Å². The highest BCUT2D eigenvalue weighted by atomic mass is 35.5. The number of thiocarbonyl (C=S) groups is 1. The van der Waals surface area contributed by atoms with E-state index in [2.05, 4.69) is 15.8 Å². The molecule has 3 aromatic rings. The summed E-state index contributed by atoms with van der Waals surface area (Å²) in [7, 11) is 0. The first-order chi connectivity index (χ1) is 12.1. The molecule has 0 aliphatic rings. The summed E-state index contributed by atoms with van der Waals surface area (Å²) >= 11 is 17.0. The Morgan fingerprint density at radius 3 is 2.80 bits per heavy atom. The molecule has 5 nitrogen and oxygen atoms in total. The van der Waals surface area contributed by atoms with Gasteiger partial charge < -0.3 is 14.2 Å². The Labute approximate surface area is 159 Å². The molecular formula is C17H13Cl2N3O2S. The summed E-state index contributed by atoms with van der Waals surface area (Å²) in [6.45, 7) is 0.483. The topological polar surface area (TPSA) is 62.7 Å². The predicted octanol–water partition coefficient (Wildman–Crippen LogP) is 4.84. The van der Waals surface area contributed by atoms with Gasteiger partial charge in [-0.2, -0.15) is 5.10 Å². The lowest BCUT2D eigenvalue weighted by Crippen LogP contribution is -2.31. The van der Waals surface area contributed by atoms with Crippen molar-refractivity contribution in [2.75, 3.05) is 0 Å². The van der Waals surface area contributed by atoms with Crippen molar-refractivity contribution in [2.45, 2.75) is 6.54 Å². The van der Waals surface area contributed by atoms with Gasteiger partial charge in [0.25, 0.3) is 0 Å². The minimum Gasteiger partial charge on any atom is -0.467 e. The summed E-state index contributed by atoms with van der Waals surface area (Å²) in [5.74, 6) is 2.02. The Morgan fingerprint density at radius 1 is 1.16 bits per heavy atom. The molecule has 0 fully saturated rings. The van der Waals surface area contributed by atoms with Crippen LogP contribution in [0.3, 0.4) is 0 Å². The largest absolute Gasteiger partial charge is 0.467 e. The second kappa shape index (κ2) is 8.20. The molecule has 0 aliphatic carbocycles. The predicted molar refractivity (Wildman–Crippen MR) is 103 cm³/mol. The van der Waals surface area contributed by atoms with Gasteiger partial charge in [0, 0.05) is 5.56 Å².